The van der Waals surface area contributed by atoms with Crippen LogP contribution >= 0.6 is 0 Å². The Bertz CT molecular complexity index is 232. The molecule has 0 atom stereocenters. The van der Waals surface area contributed by atoms with Crippen molar-refractivity contribution in [3.63, 3.8) is 0 Å². The van der Waals surface area contributed by atoms with Gasteiger partial charge in [0.1, 0.15) is 0 Å². The van der Waals surface area contributed by atoms with Crippen molar-refractivity contribution in [3.8, 4) is 0 Å². The Labute approximate surface area is 59.9 Å². The Balaban J connectivity index is 2.98. The zero-order valence-electron chi connectivity index (χ0n) is 5.62. The van der Waals surface area contributed by atoms with Crippen LogP contribution in [0.4, 0.5) is 0 Å². The third-order valence-corrected chi connectivity index (χ3v) is 1.24. The van der Waals surface area contributed by atoms with Gasteiger partial charge in [-0.25, -0.2) is 0 Å². The lowest BCUT2D eigenvalue weighted by atomic mass is 10.2. The molecule has 0 aromatic carbocycles. The van der Waals surface area contributed by atoms with Gasteiger partial charge in [0, 0.05) is 6.20 Å². The van der Waals surface area contributed by atoms with Gasteiger partial charge in [0.25, 0.3) is 0 Å². The van der Waals surface area contributed by atoms with Gasteiger partial charge >= 0.3 is 0 Å². The number of hydrogen-bond acceptors (Lipinski definition) is 2. The molecule has 0 amide bonds. The molecular formula is C8H9NO. The average molecular weight is 135 g/mol. The second-order valence-electron chi connectivity index (χ2n) is 1.95. The molecule has 0 fully saturated rings. The van der Waals surface area contributed by atoms with Gasteiger partial charge in [0.15, 0.2) is 0 Å². The fraction of sp³-hybridized carbons (Fsp3) is 0.125. The Morgan fingerprint density at radius 2 is 2.50 bits per heavy atom. The Morgan fingerprint density at radius 1 is 1.70 bits per heavy atom. The fourth-order valence-corrected chi connectivity index (χ4v) is 0.704. The second-order valence-corrected chi connectivity index (χ2v) is 1.95. The molecule has 0 aliphatic heterocycles. The summed E-state index contributed by atoms with van der Waals surface area (Å²) in [6, 6.07) is 3.57. The number of aliphatic hydroxyl groups is 1. The van der Waals surface area contributed by atoms with E-state index in [2.05, 4.69) is 11.6 Å². The summed E-state index contributed by atoms with van der Waals surface area (Å²) >= 11 is 0. The molecule has 1 N–H and O–H groups in total. The molecule has 2 heteroatoms. The van der Waals surface area contributed by atoms with Gasteiger partial charge < -0.3 is 5.11 Å². The quantitative estimate of drug-likeness (QED) is 0.661. The lowest BCUT2D eigenvalue weighted by Gasteiger charge is -1.95. The minimum atomic E-state index is 0.0589. The predicted molar refractivity (Wildman–Crippen MR) is 40.3 cm³/mol. The minimum Gasteiger partial charge on any atom is -0.392 e. The maximum atomic E-state index is 8.70. The summed E-state index contributed by atoms with van der Waals surface area (Å²) in [6.07, 6.45) is 3.31. The maximum Gasteiger partial charge on any atom is 0.0683 e. The summed E-state index contributed by atoms with van der Waals surface area (Å²) in [5, 5.41) is 8.70. The molecule has 52 valence electrons. The molecule has 1 rings (SSSR count). The first-order valence-corrected chi connectivity index (χ1v) is 3.05. The van der Waals surface area contributed by atoms with Crippen LogP contribution in [0, 0.1) is 0 Å². The number of hydrogen-bond donors (Lipinski definition) is 1. The van der Waals surface area contributed by atoms with Crippen LogP contribution in [0.3, 0.4) is 0 Å². The van der Waals surface area contributed by atoms with Crippen LogP contribution in [-0.2, 0) is 6.61 Å². The van der Waals surface area contributed by atoms with Crippen LogP contribution in [0.25, 0.3) is 6.08 Å². The lowest BCUT2D eigenvalue weighted by Crippen LogP contribution is -1.85. The molecular weight excluding hydrogens is 126 g/mol. The summed E-state index contributed by atoms with van der Waals surface area (Å²) in [4.78, 5) is 3.98. The first-order chi connectivity index (χ1) is 4.86. The summed E-state index contributed by atoms with van der Waals surface area (Å²) < 4.78 is 0. The van der Waals surface area contributed by atoms with E-state index in [1.807, 2.05) is 0 Å². The Hall–Kier alpha value is -1.15. The number of pyridine rings is 1. The molecule has 0 aliphatic rings. The van der Waals surface area contributed by atoms with Crippen LogP contribution in [-0.4, -0.2) is 10.1 Å². The standard InChI is InChI=1S/C8H9NO/c1-2-8-5-7(6-10)3-4-9-8/h2-5,10H,1,6H2. The molecule has 10 heavy (non-hydrogen) atoms. The highest BCUT2D eigenvalue weighted by molar-refractivity contribution is 5.42. The Kier molecular flexibility index (Phi) is 2.18. The topological polar surface area (TPSA) is 33.1 Å². The van der Waals surface area contributed by atoms with Gasteiger partial charge in [-0.1, -0.05) is 6.58 Å². The molecule has 1 heterocycles. The number of aromatic nitrogens is 1. The first kappa shape index (κ1) is 6.96. The molecule has 1 aromatic rings. The summed E-state index contributed by atoms with van der Waals surface area (Å²) in [5.74, 6) is 0. The lowest BCUT2D eigenvalue weighted by molar-refractivity contribution is 0.281. The van der Waals surface area contributed by atoms with Crippen molar-refractivity contribution in [2.75, 3.05) is 0 Å². The summed E-state index contributed by atoms with van der Waals surface area (Å²) in [5.41, 5.74) is 1.66. The third-order valence-electron chi connectivity index (χ3n) is 1.24. The highest BCUT2D eigenvalue weighted by atomic mass is 16.3. The zero-order valence-corrected chi connectivity index (χ0v) is 5.62. The number of aliphatic hydroxyl groups excluding tert-OH is 1. The van der Waals surface area contributed by atoms with Crippen molar-refractivity contribution in [2.24, 2.45) is 0 Å². The fourth-order valence-electron chi connectivity index (χ4n) is 0.704. The monoisotopic (exact) mass is 135 g/mol. The summed E-state index contributed by atoms with van der Waals surface area (Å²) in [7, 11) is 0. The van der Waals surface area contributed by atoms with Crippen molar-refractivity contribution < 1.29 is 5.11 Å². The second kappa shape index (κ2) is 3.13. The van der Waals surface area contributed by atoms with Crippen molar-refractivity contribution in [1.29, 1.82) is 0 Å². The largest absolute Gasteiger partial charge is 0.392 e. The number of rotatable bonds is 2. The van der Waals surface area contributed by atoms with Gasteiger partial charge in [0.05, 0.1) is 12.3 Å². The molecule has 0 radical (unpaired) electrons. The van der Waals surface area contributed by atoms with Gasteiger partial charge in [0.2, 0.25) is 0 Å². The van der Waals surface area contributed by atoms with E-state index in [1.54, 1.807) is 24.4 Å². The van der Waals surface area contributed by atoms with Gasteiger partial charge in [-0.05, 0) is 23.8 Å². The van der Waals surface area contributed by atoms with E-state index in [0.29, 0.717) is 0 Å². The van der Waals surface area contributed by atoms with E-state index < -0.39 is 0 Å². The maximum absolute atomic E-state index is 8.70. The van der Waals surface area contributed by atoms with E-state index in [0.717, 1.165) is 11.3 Å². The highest BCUT2D eigenvalue weighted by Gasteiger charge is 1.89. The van der Waals surface area contributed by atoms with Crippen LogP contribution < -0.4 is 0 Å². The molecule has 0 aliphatic carbocycles. The van der Waals surface area contributed by atoms with E-state index in [4.69, 9.17) is 5.11 Å². The number of nitrogens with zero attached hydrogens (tertiary/aromatic N) is 1. The van der Waals surface area contributed by atoms with Crippen molar-refractivity contribution in [2.45, 2.75) is 6.61 Å². The molecule has 0 saturated heterocycles. The minimum absolute atomic E-state index is 0.0589. The normalized spacial score (nSPS) is 9.30. The average Bonchev–Trinajstić information content (AvgIpc) is 2.05. The molecule has 0 spiro atoms. The van der Waals surface area contributed by atoms with Crippen LogP contribution in [0.1, 0.15) is 11.3 Å². The summed E-state index contributed by atoms with van der Waals surface area (Å²) in [6.45, 7) is 3.62. The molecule has 2 nitrogen and oxygen atoms in total. The zero-order chi connectivity index (χ0) is 7.40. The molecule has 0 unspecified atom stereocenters. The van der Waals surface area contributed by atoms with Crippen LogP contribution in [0.15, 0.2) is 24.9 Å². The highest BCUT2D eigenvalue weighted by Crippen LogP contribution is 2.01. The predicted octanol–water partition coefficient (Wildman–Crippen LogP) is 1.22. The third kappa shape index (κ3) is 1.42. The molecule has 0 saturated carbocycles. The van der Waals surface area contributed by atoms with Crippen LogP contribution in [0.5, 0.6) is 0 Å². The Morgan fingerprint density at radius 3 is 3.10 bits per heavy atom. The van der Waals surface area contributed by atoms with Crippen molar-refractivity contribution in [1.82, 2.24) is 4.98 Å². The van der Waals surface area contributed by atoms with E-state index in [9.17, 15) is 0 Å². The van der Waals surface area contributed by atoms with Crippen molar-refractivity contribution in [3.05, 3.63) is 36.2 Å². The van der Waals surface area contributed by atoms with Gasteiger partial charge in [-0.2, -0.15) is 0 Å². The van der Waals surface area contributed by atoms with Crippen LogP contribution in [0.2, 0.25) is 0 Å². The first-order valence-electron chi connectivity index (χ1n) is 3.05. The van der Waals surface area contributed by atoms with E-state index >= 15 is 0 Å². The van der Waals surface area contributed by atoms with E-state index in [1.165, 1.54) is 0 Å². The van der Waals surface area contributed by atoms with E-state index in [-0.39, 0.29) is 6.61 Å². The van der Waals surface area contributed by atoms with Gasteiger partial charge in [-0.15, -0.1) is 0 Å². The molecule has 0 bridgehead atoms. The van der Waals surface area contributed by atoms with Crippen molar-refractivity contribution >= 4 is 6.08 Å². The van der Waals surface area contributed by atoms with Gasteiger partial charge in [-0.3, -0.25) is 4.98 Å². The molecule has 1 aromatic heterocycles. The smallest absolute Gasteiger partial charge is 0.0683 e. The SMILES string of the molecule is C=Cc1cc(CO)ccn1.